The molecule has 0 aliphatic heterocycles. The molecule has 0 aromatic rings. The van der Waals surface area contributed by atoms with Crippen LogP contribution in [0.5, 0.6) is 0 Å². The van der Waals surface area contributed by atoms with Crippen LogP contribution in [0.4, 0.5) is 0 Å². The second kappa shape index (κ2) is 5.55. The van der Waals surface area contributed by atoms with Crippen LogP contribution in [0.15, 0.2) is 0 Å². The fourth-order valence-electron chi connectivity index (χ4n) is 0.275. The third-order valence-electron chi connectivity index (χ3n) is 0.712. The summed E-state index contributed by atoms with van der Waals surface area (Å²) in [6.45, 7) is 0. The van der Waals surface area contributed by atoms with Gasteiger partial charge < -0.3 is 15.9 Å². The van der Waals surface area contributed by atoms with Crippen LogP contribution in [0.3, 0.4) is 0 Å². The Bertz CT molecular complexity index is 137. The molecule has 0 fully saturated rings. The Morgan fingerprint density at radius 3 is 1.90 bits per heavy atom. The quantitative estimate of drug-likeness (QED) is 0.523. The van der Waals surface area contributed by atoms with E-state index >= 15 is 0 Å². The van der Waals surface area contributed by atoms with Gasteiger partial charge in [-0.15, -0.1) is 0 Å². The number of nitrogens with two attached hydrogens (primary N) is 1. The van der Waals surface area contributed by atoms with Crippen LogP contribution in [0, 0.1) is 0 Å². The molecule has 0 amide bonds. The van der Waals surface area contributed by atoms with Gasteiger partial charge in [0.05, 0.1) is 6.42 Å². The summed E-state index contributed by atoms with van der Waals surface area (Å²) >= 11 is 0. The average molecular weight is 251 g/mol. The van der Waals surface area contributed by atoms with Crippen LogP contribution >= 0.6 is 0 Å². The molecule has 0 spiro atoms. The Labute approximate surface area is 76.0 Å². The van der Waals surface area contributed by atoms with Crippen molar-refractivity contribution in [3.05, 3.63) is 0 Å². The Morgan fingerprint density at radius 1 is 1.40 bits per heavy atom. The molecule has 0 rings (SSSR count). The number of carboxylic acids is 2. The van der Waals surface area contributed by atoms with Crippen LogP contribution in [0.1, 0.15) is 6.42 Å². The number of aliphatic carboxylic acids is 2. The molecular formula is C4H10InNO4. The SMILES string of the molecule is N[C@@H](CC(=O)O)C(=O)O.[InH3]. The molecule has 0 saturated heterocycles. The number of carboxylic acid groups (broad SMARTS) is 2. The molecule has 0 aliphatic rings. The summed E-state index contributed by atoms with van der Waals surface area (Å²) in [4.78, 5) is 19.6. The monoisotopic (exact) mass is 251 g/mol. The van der Waals surface area contributed by atoms with Crippen molar-refractivity contribution in [1.29, 1.82) is 0 Å². The summed E-state index contributed by atoms with van der Waals surface area (Å²) in [6, 6.07) is -1.29. The van der Waals surface area contributed by atoms with E-state index in [2.05, 4.69) is 0 Å². The van der Waals surface area contributed by atoms with Crippen molar-refractivity contribution < 1.29 is 19.8 Å². The molecule has 58 valence electrons. The van der Waals surface area contributed by atoms with Gasteiger partial charge in [-0.05, 0) is 0 Å². The average Bonchev–Trinajstić information content (AvgIpc) is 1.63. The molecule has 0 saturated carbocycles. The van der Waals surface area contributed by atoms with E-state index in [4.69, 9.17) is 15.9 Å². The number of carbonyl (C=O) groups is 2. The molecule has 10 heavy (non-hydrogen) atoms. The van der Waals surface area contributed by atoms with Crippen molar-refractivity contribution >= 4 is 37.8 Å². The van der Waals surface area contributed by atoms with E-state index in [1.807, 2.05) is 0 Å². The number of rotatable bonds is 3. The summed E-state index contributed by atoms with van der Waals surface area (Å²) in [5, 5.41) is 16.0. The van der Waals surface area contributed by atoms with Gasteiger partial charge >= 0.3 is 37.8 Å². The molecule has 0 heterocycles. The van der Waals surface area contributed by atoms with E-state index in [9.17, 15) is 9.59 Å². The van der Waals surface area contributed by atoms with Crippen LogP contribution in [0.25, 0.3) is 0 Å². The summed E-state index contributed by atoms with van der Waals surface area (Å²) in [5.41, 5.74) is 4.84. The van der Waals surface area contributed by atoms with Crippen LogP contribution in [-0.4, -0.2) is 54.0 Å². The standard InChI is InChI=1S/C4H7NO4.In.3H/c5-2(4(8)9)1-3(6)7;;;;/h2H,1,5H2,(H,6,7)(H,8,9);;;;/t2-;;;;/m0..../s1. The third-order valence-corrected chi connectivity index (χ3v) is 0.712. The van der Waals surface area contributed by atoms with Crippen molar-refractivity contribution in [2.75, 3.05) is 0 Å². The van der Waals surface area contributed by atoms with Gasteiger partial charge in [0.1, 0.15) is 6.04 Å². The van der Waals surface area contributed by atoms with Gasteiger partial charge in [-0.3, -0.25) is 9.59 Å². The zero-order valence-corrected chi connectivity index (χ0v) is 4.57. The van der Waals surface area contributed by atoms with Crippen LogP contribution in [-0.2, 0) is 9.59 Å². The first-order valence-electron chi connectivity index (χ1n) is 2.24. The molecule has 4 N–H and O–H groups in total. The van der Waals surface area contributed by atoms with Crippen molar-refractivity contribution in [3.8, 4) is 0 Å². The van der Waals surface area contributed by atoms with E-state index in [1.165, 1.54) is 0 Å². The predicted molar refractivity (Wildman–Crippen MR) is 37.8 cm³/mol. The Balaban J connectivity index is 0. The molecule has 0 unspecified atom stereocenters. The van der Waals surface area contributed by atoms with Gasteiger partial charge in [-0.1, -0.05) is 0 Å². The fourth-order valence-corrected chi connectivity index (χ4v) is 0.275. The normalized spacial score (nSPS) is 11.3. The fraction of sp³-hybridized carbons (Fsp3) is 0.500. The van der Waals surface area contributed by atoms with Gasteiger partial charge in [-0.25, -0.2) is 0 Å². The zero-order chi connectivity index (χ0) is 7.44. The van der Waals surface area contributed by atoms with E-state index in [0.29, 0.717) is 0 Å². The molecule has 0 bridgehead atoms. The van der Waals surface area contributed by atoms with Crippen LogP contribution < -0.4 is 5.73 Å². The van der Waals surface area contributed by atoms with Gasteiger partial charge in [-0.2, -0.15) is 0 Å². The van der Waals surface area contributed by atoms with Gasteiger partial charge in [0.25, 0.3) is 0 Å². The minimum atomic E-state index is -1.29. The Hall–Kier alpha value is -0.230. The molecule has 0 radical (unpaired) electrons. The molecule has 6 heteroatoms. The topological polar surface area (TPSA) is 101 Å². The molecular weight excluding hydrogens is 241 g/mol. The number of hydrogen-bond donors (Lipinski definition) is 3. The first-order valence-corrected chi connectivity index (χ1v) is 2.24. The minimum absolute atomic E-state index is 0. The Morgan fingerprint density at radius 2 is 1.80 bits per heavy atom. The molecule has 5 nitrogen and oxygen atoms in total. The second-order valence-corrected chi connectivity index (χ2v) is 1.54. The first-order chi connectivity index (χ1) is 4.04. The molecule has 0 aromatic carbocycles. The van der Waals surface area contributed by atoms with Crippen molar-refractivity contribution in [2.24, 2.45) is 5.73 Å². The van der Waals surface area contributed by atoms with E-state index < -0.39 is 24.4 Å². The summed E-state index contributed by atoms with van der Waals surface area (Å²) in [5.74, 6) is -2.50. The van der Waals surface area contributed by atoms with Crippen molar-refractivity contribution in [2.45, 2.75) is 12.5 Å². The zero-order valence-electron chi connectivity index (χ0n) is 4.57. The summed E-state index contributed by atoms with van der Waals surface area (Å²) in [7, 11) is 0. The van der Waals surface area contributed by atoms with E-state index in [-0.39, 0.29) is 25.8 Å². The van der Waals surface area contributed by atoms with E-state index in [1.54, 1.807) is 0 Å². The summed E-state index contributed by atoms with van der Waals surface area (Å²) in [6.07, 6.45) is -0.532. The molecule has 0 aliphatic carbocycles. The molecule has 1 atom stereocenters. The van der Waals surface area contributed by atoms with Crippen molar-refractivity contribution in [3.63, 3.8) is 0 Å². The van der Waals surface area contributed by atoms with Gasteiger partial charge in [0, 0.05) is 0 Å². The summed E-state index contributed by atoms with van der Waals surface area (Å²) < 4.78 is 0. The number of hydrogen-bond acceptors (Lipinski definition) is 3. The predicted octanol–water partition coefficient (Wildman–Crippen LogP) is -2.31. The molecule has 0 aromatic heterocycles. The second-order valence-electron chi connectivity index (χ2n) is 1.54. The van der Waals surface area contributed by atoms with Crippen molar-refractivity contribution in [1.82, 2.24) is 0 Å². The maximum absolute atomic E-state index is 9.85. The van der Waals surface area contributed by atoms with Crippen LogP contribution in [0.2, 0.25) is 0 Å². The van der Waals surface area contributed by atoms with Gasteiger partial charge in [0.15, 0.2) is 0 Å². The first kappa shape index (κ1) is 12.4. The third kappa shape index (κ3) is 5.90. The maximum atomic E-state index is 9.85. The van der Waals surface area contributed by atoms with E-state index in [0.717, 1.165) is 0 Å². The Kier molecular flexibility index (Phi) is 6.90. The van der Waals surface area contributed by atoms with Gasteiger partial charge in [0.2, 0.25) is 0 Å².